The molecule has 128 heavy (non-hydrogen) atoms. The summed E-state index contributed by atoms with van der Waals surface area (Å²) in [6.07, 6.45) is 8.43. The molecule has 3 saturated heterocycles. The number of nitrogen functional groups attached to an aromatic ring is 3. The van der Waals surface area contributed by atoms with Crippen LogP contribution < -0.4 is 47.9 Å². The van der Waals surface area contributed by atoms with E-state index in [1.165, 1.54) is 49.6 Å². The van der Waals surface area contributed by atoms with E-state index in [4.69, 9.17) is 46.1 Å². The predicted molar refractivity (Wildman–Crippen MR) is 497 cm³/mol. The smallest absolute Gasteiger partial charge is 0.230 e. The van der Waals surface area contributed by atoms with Gasteiger partial charge in [0.05, 0.1) is 69.6 Å². The van der Waals surface area contributed by atoms with Crippen LogP contribution in [0.4, 0.5) is 51.6 Å². The molecule has 3 aliphatic rings. The van der Waals surface area contributed by atoms with Crippen LogP contribution in [-0.4, -0.2) is 180 Å². The first kappa shape index (κ1) is 86.7. The summed E-state index contributed by atoms with van der Waals surface area (Å²) >= 11 is 0. The minimum atomic E-state index is -0.192. The summed E-state index contributed by atoms with van der Waals surface area (Å²) in [5, 5.41) is 37.7. The Hall–Kier alpha value is -14.8. The minimum absolute atomic E-state index is 0.109. The topological polar surface area (TPSA) is 408 Å². The van der Waals surface area contributed by atoms with E-state index in [0.717, 1.165) is 127 Å². The van der Waals surface area contributed by atoms with Crippen molar-refractivity contribution in [1.29, 1.82) is 0 Å². The zero-order valence-electron chi connectivity index (χ0n) is 73.9. The van der Waals surface area contributed by atoms with Gasteiger partial charge in [-0.3, -0.25) is 19.2 Å². The second-order valence-corrected chi connectivity index (χ2v) is 35.4. The van der Waals surface area contributed by atoms with E-state index in [1.807, 2.05) is 170 Å². The Bertz CT molecular complexity index is 6450. The van der Waals surface area contributed by atoms with Gasteiger partial charge in [0.25, 0.3) is 0 Å². The second-order valence-electron chi connectivity index (χ2n) is 35.4. The molecule has 3 fully saturated rings. The number of piperidine rings is 1. The van der Waals surface area contributed by atoms with Crippen LogP contribution in [0, 0.1) is 0 Å². The molecule has 0 aliphatic carbocycles. The Morgan fingerprint density at radius 2 is 0.641 bits per heavy atom. The average Bonchev–Trinajstić information content (AvgIpc) is 1.62. The van der Waals surface area contributed by atoms with Crippen LogP contribution in [0.5, 0.6) is 0 Å². The van der Waals surface area contributed by atoms with Crippen molar-refractivity contribution in [1.82, 2.24) is 84.5 Å². The van der Waals surface area contributed by atoms with Crippen LogP contribution in [0.15, 0.2) is 196 Å². The lowest BCUT2D eigenvalue weighted by Gasteiger charge is -2.35. The molecule has 658 valence electrons. The van der Waals surface area contributed by atoms with E-state index in [1.54, 1.807) is 21.0 Å². The number of nitrogens with one attached hydrogen (secondary N) is 3. The third-order valence-corrected chi connectivity index (χ3v) is 23.0. The van der Waals surface area contributed by atoms with Crippen LogP contribution in [0.3, 0.4) is 0 Å². The maximum atomic E-state index is 12.7. The fourth-order valence-electron chi connectivity index (χ4n) is 15.7. The van der Waals surface area contributed by atoms with Crippen molar-refractivity contribution in [2.75, 3.05) is 120 Å². The van der Waals surface area contributed by atoms with Crippen LogP contribution in [-0.2, 0) is 54.7 Å². The molecular formula is C95H106N26O7. The molecule has 4 amide bonds. The zero-order valence-corrected chi connectivity index (χ0v) is 73.9. The number of hydrogen-bond acceptors (Lipinski definition) is 26. The fraction of sp³-hybridized carbons (Fsp3) is 0.326. The number of nitrogens with two attached hydrogens (primary N) is 3. The summed E-state index contributed by atoms with van der Waals surface area (Å²) in [4.78, 5) is 87.4. The summed E-state index contributed by atoms with van der Waals surface area (Å²) < 4.78 is 21.4. The van der Waals surface area contributed by atoms with Crippen LogP contribution in [0.2, 0.25) is 0 Å². The number of fused-ring (bicyclic) bond motifs is 3. The number of carbonyl (C=O) groups is 4. The molecule has 0 atom stereocenters. The number of hydrogen-bond donors (Lipinski definition) is 6. The fourth-order valence-corrected chi connectivity index (χ4v) is 15.7. The summed E-state index contributed by atoms with van der Waals surface area (Å²) in [7, 11) is 0. The molecule has 9 N–H and O–H groups in total. The number of rotatable bonds is 19. The van der Waals surface area contributed by atoms with E-state index in [2.05, 4.69) is 149 Å². The van der Waals surface area contributed by atoms with Gasteiger partial charge in [0, 0.05) is 158 Å². The van der Waals surface area contributed by atoms with Gasteiger partial charge in [-0.05, 0) is 135 Å². The lowest BCUT2D eigenvalue weighted by Crippen LogP contribution is -2.48. The SMILES string of the molecule is CC(=O)N1CCN(c2ccc(-c3nn(-c4ccc(NC(=O)Cc5cc(C(C)(C)C)on5)cc4)c4ncnc(N)c34)cc2)CC1.CC(C)(C)c1cc(CC(=O)Nc2ccc(-n3nc(-c4ccc(N5CCCCC5)cc4)c4c(N)ncnc43)cc2)no1.CCN1CCN(c2ccc(-c3nn(-c4ccc(NC(=O)Cc5cc(C(C)(C)C)on5)cc4)c4ncnc(N)c34)cc2)CC1. The maximum absolute atomic E-state index is 12.7. The van der Waals surface area contributed by atoms with Gasteiger partial charge in [-0.25, -0.2) is 43.9 Å². The molecule has 12 heterocycles. The van der Waals surface area contributed by atoms with Crippen molar-refractivity contribution in [3.63, 3.8) is 0 Å². The summed E-state index contributed by atoms with van der Waals surface area (Å²) in [5.74, 6) is 2.89. The van der Waals surface area contributed by atoms with Gasteiger partial charge in [0.15, 0.2) is 16.9 Å². The van der Waals surface area contributed by atoms with Crippen molar-refractivity contribution in [2.24, 2.45) is 0 Å². The van der Waals surface area contributed by atoms with Gasteiger partial charge in [-0.15, -0.1) is 0 Å². The number of benzene rings is 6. The normalized spacial score (nSPS) is 14.1. The molecule has 15 aromatic rings. The van der Waals surface area contributed by atoms with Gasteiger partial charge in [-0.1, -0.05) is 121 Å². The number of nitrogens with zero attached hydrogens (tertiary/aromatic N) is 20. The van der Waals surface area contributed by atoms with Gasteiger partial charge in [0.1, 0.15) is 70.8 Å². The van der Waals surface area contributed by atoms with Gasteiger partial charge < -0.3 is 71.2 Å². The molecule has 18 rings (SSSR count). The Labute approximate surface area is 740 Å². The van der Waals surface area contributed by atoms with E-state index in [0.29, 0.717) is 103 Å². The highest BCUT2D eigenvalue weighted by Gasteiger charge is 2.29. The Balaban J connectivity index is 0.000000141. The third kappa shape index (κ3) is 19.7. The lowest BCUT2D eigenvalue weighted by atomic mass is 9.93. The summed E-state index contributed by atoms with van der Waals surface area (Å²) in [5.41, 5.74) is 34.7. The van der Waals surface area contributed by atoms with Crippen molar-refractivity contribution in [3.05, 3.63) is 217 Å². The number of likely N-dealkylation sites (N-methyl/N-ethyl adjacent to an activating group) is 1. The molecule has 9 aromatic heterocycles. The average molecular weight is 1720 g/mol. The Morgan fingerprint density at radius 1 is 0.359 bits per heavy atom. The standard InChI is InChI=1S/C32H35N9O3.C32H37N9O2.C31H34N8O2/c1-20(42)39-13-15-40(16-14-39)24-9-5-21(6-10-24)29-28-30(33)34-19-35-31(28)41(37-29)25-11-7-22(8-12-25)36-27(43)18-23-17-26(44-38-23)32(2,3)4;1-5-39-14-16-40(17-15-39)24-10-6-21(7-11-24)29-28-30(33)34-20-35-31(28)41(37-29)25-12-8-22(9-13-25)36-27(42)19-23-18-26(43-38-23)32(2,3)4;1-31(2,3)25-17-22(37-41-25)18-26(40)35-21-9-13-24(14-10-21)39-30-27(29(32)33-19-34-30)28(36-39)20-7-11-23(12-8-20)38-15-5-4-6-16-38/h5-12,17,19H,13-16,18H2,1-4H3,(H,36,43)(H2,33,34,35);6-13,18,20H,5,14-17,19H2,1-4H3,(H,36,42)(H2,33,34,35);7-14,17,19H,4-6,15-16,18H2,1-3H3,(H,35,40)(H2,32,33,34). The van der Waals surface area contributed by atoms with Crippen LogP contribution >= 0.6 is 0 Å². The third-order valence-electron chi connectivity index (χ3n) is 23.0. The highest BCUT2D eigenvalue weighted by molar-refractivity contribution is 6.02. The van der Waals surface area contributed by atoms with Gasteiger partial charge in [0.2, 0.25) is 23.6 Å². The largest absolute Gasteiger partial charge is 0.383 e. The first-order valence-electron chi connectivity index (χ1n) is 43.1. The van der Waals surface area contributed by atoms with Gasteiger partial charge >= 0.3 is 0 Å². The number of carbonyl (C=O) groups excluding carboxylic acids is 4. The number of aromatic nitrogens is 15. The molecule has 6 aromatic carbocycles. The number of piperazine rings is 2. The van der Waals surface area contributed by atoms with Crippen molar-refractivity contribution in [3.8, 4) is 50.8 Å². The molecule has 33 nitrogen and oxygen atoms in total. The molecule has 0 bridgehead atoms. The monoisotopic (exact) mass is 1720 g/mol. The molecule has 33 heteroatoms. The summed E-state index contributed by atoms with van der Waals surface area (Å²) in [6.45, 7) is 32.6. The van der Waals surface area contributed by atoms with E-state index in [9.17, 15) is 19.2 Å². The molecule has 3 aliphatic heterocycles. The van der Waals surface area contributed by atoms with E-state index < -0.39 is 0 Å². The molecule has 0 radical (unpaired) electrons. The molecule has 0 unspecified atom stereocenters. The van der Waals surface area contributed by atoms with Crippen LogP contribution in [0.1, 0.15) is 130 Å². The van der Waals surface area contributed by atoms with Crippen LogP contribution in [0.25, 0.3) is 83.9 Å². The lowest BCUT2D eigenvalue weighted by molar-refractivity contribution is -0.129. The number of anilines is 9. The van der Waals surface area contributed by atoms with Gasteiger partial charge in [-0.2, -0.15) is 15.3 Å². The van der Waals surface area contributed by atoms with Crippen molar-refractivity contribution < 1.29 is 32.7 Å². The van der Waals surface area contributed by atoms with Crippen molar-refractivity contribution in [2.45, 2.75) is 131 Å². The number of amides is 4. The minimum Gasteiger partial charge on any atom is -0.383 e. The highest BCUT2D eigenvalue weighted by atomic mass is 16.5. The molecule has 0 spiro atoms. The predicted octanol–water partition coefficient (Wildman–Crippen LogP) is 14.4. The molecular weight excluding hydrogens is 1620 g/mol. The zero-order chi connectivity index (χ0) is 89.7. The Morgan fingerprint density at radius 3 is 0.914 bits per heavy atom. The van der Waals surface area contributed by atoms with E-state index >= 15 is 0 Å². The molecule has 0 saturated carbocycles. The second kappa shape index (κ2) is 36.8. The quantitative estimate of drug-likeness (QED) is 0.0438. The van der Waals surface area contributed by atoms with E-state index in [-0.39, 0.29) is 59.1 Å². The first-order valence-corrected chi connectivity index (χ1v) is 43.1. The van der Waals surface area contributed by atoms with Crippen molar-refractivity contribution >= 4 is 108 Å². The highest BCUT2D eigenvalue weighted by Crippen LogP contribution is 2.39. The maximum Gasteiger partial charge on any atom is 0.230 e. The Kier molecular flexibility index (Phi) is 24.9. The first-order chi connectivity index (χ1) is 61.5. The summed E-state index contributed by atoms with van der Waals surface area (Å²) in [6, 6.07) is 52.8.